The molecule has 2 amide bonds. The van der Waals surface area contributed by atoms with Crippen molar-refractivity contribution in [2.75, 3.05) is 45.2 Å². The molecule has 0 aliphatic rings. The van der Waals surface area contributed by atoms with E-state index < -0.39 is 0 Å². The lowest BCUT2D eigenvalue weighted by Crippen LogP contribution is -2.35. The lowest BCUT2D eigenvalue weighted by molar-refractivity contribution is -0.118. The number of carbonyl (C=O) groups excluding carboxylic acids is 2. The zero-order valence-corrected chi connectivity index (χ0v) is 19.5. The van der Waals surface area contributed by atoms with E-state index in [1.807, 2.05) is 18.2 Å². The normalized spacial score (nSPS) is 10.2. The number of halogens is 2. The van der Waals surface area contributed by atoms with E-state index in [9.17, 15) is 9.59 Å². The molecule has 0 bridgehead atoms. The number of ether oxygens (including phenoxy) is 2. The Kier molecular flexibility index (Phi) is 11.8. The summed E-state index contributed by atoms with van der Waals surface area (Å²) >= 11 is 6.29. The van der Waals surface area contributed by atoms with Crippen LogP contribution in [-0.4, -0.2) is 56.6 Å². The first-order valence-electron chi connectivity index (χ1n) is 9.84. The van der Waals surface area contributed by atoms with Gasteiger partial charge in [-0.3, -0.25) is 9.59 Å². The maximum Gasteiger partial charge on any atom is 0.262 e. The van der Waals surface area contributed by atoms with Crippen molar-refractivity contribution in [1.82, 2.24) is 10.2 Å². The number of rotatable bonds is 11. The molecule has 2 N–H and O–H groups in total. The Morgan fingerprint density at radius 1 is 1.10 bits per heavy atom. The molecule has 0 saturated heterocycles. The van der Waals surface area contributed by atoms with Crippen LogP contribution >= 0.6 is 24.0 Å². The Balaban J connectivity index is 0.00000480. The fraction of sp³-hybridized carbons (Fsp3) is 0.364. The minimum atomic E-state index is -0.376. The van der Waals surface area contributed by atoms with Crippen molar-refractivity contribution in [3.63, 3.8) is 0 Å². The molecule has 0 saturated carbocycles. The van der Waals surface area contributed by atoms with Gasteiger partial charge in [-0.1, -0.05) is 43.6 Å². The number of amides is 2. The van der Waals surface area contributed by atoms with Crippen LogP contribution in [0.25, 0.3) is 0 Å². The van der Waals surface area contributed by atoms with Crippen molar-refractivity contribution >= 4 is 41.5 Å². The Morgan fingerprint density at radius 2 is 1.77 bits per heavy atom. The van der Waals surface area contributed by atoms with Crippen LogP contribution in [-0.2, 0) is 4.79 Å². The second-order valence-corrected chi connectivity index (χ2v) is 6.87. The molecule has 9 heteroatoms. The third kappa shape index (κ3) is 8.28. The summed E-state index contributed by atoms with van der Waals surface area (Å²) in [7, 11) is 1.46. The summed E-state index contributed by atoms with van der Waals surface area (Å²) in [6, 6.07) is 12.0. The van der Waals surface area contributed by atoms with Gasteiger partial charge in [-0.25, -0.2) is 0 Å². The number of benzene rings is 2. The fourth-order valence-electron chi connectivity index (χ4n) is 2.81. The van der Waals surface area contributed by atoms with Gasteiger partial charge >= 0.3 is 0 Å². The van der Waals surface area contributed by atoms with Gasteiger partial charge < -0.3 is 25.0 Å². The van der Waals surface area contributed by atoms with Gasteiger partial charge in [0.15, 0.2) is 6.61 Å². The fourth-order valence-corrected chi connectivity index (χ4v) is 3.02. The molecule has 0 spiro atoms. The van der Waals surface area contributed by atoms with Gasteiger partial charge in [0, 0.05) is 19.2 Å². The molecule has 7 nitrogen and oxygen atoms in total. The molecule has 170 valence electrons. The van der Waals surface area contributed by atoms with Crippen LogP contribution in [0, 0.1) is 0 Å². The molecular weight excluding hydrogens is 441 g/mol. The third-order valence-electron chi connectivity index (χ3n) is 4.53. The van der Waals surface area contributed by atoms with Gasteiger partial charge in [0.2, 0.25) is 0 Å². The van der Waals surface area contributed by atoms with Crippen LogP contribution in [0.4, 0.5) is 5.69 Å². The maximum atomic E-state index is 12.6. The van der Waals surface area contributed by atoms with Crippen LogP contribution in [0.5, 0.6) is 11.5 Å². The van der Waals surface area contributed by atoms with Crippen molar-refractivity contribution in [2.24, 2.45) is 0 Å². The Morgan fingerprint density at radius 3 is 2.39 bits per heavy atom. The molecule has 0 radical (unpaired) electrons. The molecule has 0 heterocycles. The zero-order chi connectivity index (χ0) is 21.9. The molecule has 31 heavy (non-hydrogen) atoms. The predicted molar refractivity (Wildman–Crippen MR) is 126 cm³/mol. The number of nitrogens with one attached hydrogen (secondary N) is 2. The molecule has 2 aromatic rings. The average Bonchev–Trinajstić information content (AvgIpc) is 2.77. The topological polar surface area (TPSA) is 79.9 Å². The lowest BCUT2D eigenvalue weighted by Gasteiger charge is -2.18. The van der Waals surface area contributed by atoms with Crippen molar-refractivity contribution in [2.45, 2.75) is 13.8 Å². The summed E-state index contributed by atoms with van der Waals surface area (Å²) in [6.07, 6.45) is 0. The predicted octanol–water partition coefficient (Wildman–Crippen LogP) is 3.86. The van der Waals surface area contributed by atoms with Crippen LogP contribution in [0.15, 0.2) is 42.5 Å². The molecule has 0 aliphatic carbocycles. The Hall–Kier alpha value is -2.48. The number of hydrogen-bond donors (Lipinski definition) is 2. The number of methoxy groups -OCH3 is 1. The molecular formula is C22H29Cl2N3O4. The van der Waals surface area contributed by atoms with E-state index in [1.54, 1.807) is 12.1 Å². The number of para-hydroxylation sites is 1. The number of likely N-dealkylation sites (N-methyl/N-ethyl adjacent to an activating group) is 1. The molecule has 0 unspecified atom stereocenters. The highest BCUT2D eigenvalue weighted by atomic mass is 35.5. The highest BCUT2D eigenvalue weighted by Crippen LogP contribution is 2.31. The van der Waals surface area contributed by atoms with Crippen molar-refractivity contribution in [3.05, 3.63) is 53.1 Å². The molecule has 0 aliphatic heterocycles. The Bertz CT molecular complexity index is 846. The lowest BCUT2D eigenvalue weighted by atomic mass is 10.1. The van der Waals surface area contributed by atoms with Crippen LogP contribution in [0.3, 0.4) is 0 Å². The van der Waals surface area contributed by atoms with Crippen molar-refractivity contribution < 1.29 is 19.1 Å². The van der Waals surface area contributed by atoms with E-state index in [0.717, 1.165) is 19.6 Å². The van der Waals surface area contributed by atoms with E-state index in [1.165, 1.54) is 19.2 Å². The third-order valence-corrected chi connectivity index (χ3v) is 4.84. The second-order valence-electron chi connectivity index (χ2n) is 6.47. The van der Waals surface area contributed by atoms with Gasteiger partial charge in [0.1, 0.15) is 11.5 Å². The molecule has 2 rings (SSSR count). The van der Waals surface area contributed by atoms with E-state index in [2.05, 4.69) is 29.4 Å². The smallest absolute Gasteiger partial charge is 0.262 e. The first-order valence-corrected chi connectivity index (χ1v) is 10.2. The Labute approximate surface area is 194 Å². The average molecular weight is 470 g/mol. The van der Waals surface area contributed by atoms with Crippen LogP contribution in [0.1, 0.15) is 24.2 Å². The summed E-state index contributed by atoms with van der Waals surface area (Å²) in [4.78, 5) is 27.0. The van der Waals surface area contributed by atoms with Gasteiger partial charge in [-0.15, -0.1) is 12.4 Å². The highest BCUT2D eigenvalue weighted by Gasteiger charge is 2.17. The van der Waals surface area contributed by atoms with Crippen molar-refractivity contribution in [1.29, 1.82) is 0 Å². The van der Waals surface area contributed by atoms with E-state index >= 15 is 0 Å². The van der Waals surface area contributed by atoms with Crippen LogP contribution < -0.4 is 20.1 Å². The van der Waals surface area contributed by atoms with Crippen molar-refractivity contribution in [3.8, 4) is 11.5 Å². The maximum absolute atomic E-state index is 12.6. The minimum Gasteiger partial charge on any atom is -0.496 e. The standard InChI is InChI=1S/C22H28ClN3O4.ClH/c1-4-26(5-2)12-11-24-22(28)17-13-18(23)19(14-20(17)29-3)25-21(27)15-30-16-9-7-6-8-10-16;/h6-10,13-14H,4-5,11-12,15H2,1-3H3,(H,24,28)(H,25,27);1H. The monoisotopic (exact) mass is 469 g/mol. The SMILES string of the molecule is CCN(CC)CCNC(=O)c1cc(Cl)c(NC(=O)COc2ccccc2)cc1OC.Cl. The summed E-state index contributed by atoms with van der Waals surface area (Å²) < 4.78 is 10.8. The number of anilines is 1. The van der Waals surface area contributed by atoms with Gasteiger partial charge in [-0.2, -0.15) is 0 Å². The molecule has 2 aromatic carbocycles. The highest BCUT2D eigenvalue weighted by molar-refractivity contribution is 6.34. The first kappa shape index (κ1) is 26.6. The van der Waals surface area contributed by atoms with Gasteiger partial charge in [0.25, 0.3) is 11.8 Å². The summed E-state index contributed by atoms with van der Waals surface area (Å²) in [5, 5.41) is 5.79. The quantitative estimate of drug-likeness (QED) is 0.522. The minimum absolute atomic E-state index is 0. The van der Waals surface area contributed by atoms with Gasteiger partial charge in [0.05, 0.1) is 23.4 Å². The van der Waals surface area contributed by atoms with E-state index in [-0.39, 0.29) is 35.9 Å². The van der Waals surface area contributed by atoms with E-state index in [0.29, 0.717) is 29.3 Å². The van der Waals surface area contributed by atoms with Gasteiger partial charge in [-0.05, 0) is 31.3 Å². The second kappa shape index (κ2) is 13.7. The number of nitrogens with zero attached hydrogens (tertiary/aromatic N) is 1. The zero-order valence-electron chi connectivity index (χ0n) is 17.9. The summed E-state index contributed by atoms with van der Waals surface area (Å²) in [5.41, 5.74) is 0.649. The van der Waals surface area contributed by atoms with E-state index in [4.69, 9.17) is 21.1 Å². The summed E-state index contributed by atoms with van der Waals surface area (Å²) in [6.45, 7) is 7.09. The molecule has 0 atom stereocenters. The largest absolute Gasteiger partial charge is 0.496 e. The number of carbonyl (C=O) groups is 2. The summed E-state index contributed by atoms with van der Waals surface area (Å²) in [5.74, 6) is 0.248. The molecule has 0 aromatic heterocycles. The number of hydrogen-bond acceptors (Lipinski definition) is 5. The molecule has 0 fully saturated rings. The van der Waals surface area contributed by atoms with Crippen LogP contribution in [0.2, 0.25) is 5.02 Å². The first-order chi connectivity index (χ1) is 14.5.